The molecule has 1 aliphatic rings. The highest BCUT2D eigenvalue weighted by atomic mass is 16.3. The quantitative estimate of drug-likeness (QED) is 0.779. The van der Waals surface area contributed by atoms with Gasteiger partial charge in [-0.3, -0.25) is 4.79 Å². The minimum Gasteiger partial charge on any atom is -0.387 e. The van der Waals surface area contributed by atoms with Crippen LogP contribution in [-0.2, 0) is 4.79 Å². The smallest absolute Gasteiger partial charge is 0.246 e. The van der Waals surface area contributed by atoms with Gasteiger partial charge in [0, 0.05) is 18.7 Å². The molecule has 2 rings (SSSR count). The van der Waals surface area contributed by atoms with E-state index in [9.17, 15) is 9.90 Å². The lowest BCUT2D eigenvalue weighted by Gasteiger charge is -2.24. The van der Waals surface area contributed by atoms with Crippen molar-refractivity contribution >= 4 is 5.91 Å². The van der Waals surface area contributed by atoms with Gasteiger partial charge in [0.05, 0.1) is 12.6 Å². The van der Waals surface area contributed by atoms with Crippen molar-refractivity contribution in [2.24, 2.45) is 0 Å². The van der Waals surface area contributed by atoms with Gasteiger partial charge in [-0.1, -0.05) is 36.4 Å². The number of likely N-dealkylation sites (N-methyl/N-ethyl adjacent to an activating group) is 1. The van der Waals surface area contributed by atoms with E-state index >= 15 is 0 Å². The van der Waals surface area contributed by atoms with Crippen LogP contribution in [0.4, 0.5) is 0 Å². The molecule has 1 aliphatic carbocycles. The van der Waals surface area contributed by atoms with Crippen LogP contribution in [0.2, 0.25) is 0 Å². The summed E-state index contributed by atoms with van der Waals surface area (Å²) in [6.07, 6.45) is 4.93. The predicted molar refractivity (Wildman–Crippen MR) is 83.8 cm³/mol. The third-order valence-electron chi connectivity index (χ3n) is 3.56. The third kappa shape index (κ3) is 4.99. The molecule has 1 unspecified atom stereocenters. The van der Waals surface area contributed by atoms with Gasteiger partial charge in [0.1, 0.15) is 0 Å². The average Bonchev–Trinajstić information content (AvgIpc) is 3.29. The summed E-state index contributed by atoms with van der Waals surface area (Å²) in [6.45, 7) is 1.10. The van der Waals surface area contributed by atoms with E-state index in [1.165, 1.54) is 0 Å². The van der Waals surface area contributed by atoms with Gasteiger partial charge in [-0.25, -0.2) is 0 Å². The minimum absolute atomic E-state index is 0.00525. The molecule has 21 heavy (non-hydrogen) atoms. The number of aliphatic hydroxyl groups excluding tert-OH is 1. The summed E-state index contributed by atoms with van der Waals surface area (Å²) in [6, 6.07) is 9.80. The Labute approximate surface area is 126 Å². The van der Waals surface area contributed by atoms with Crippen LogP contribution in [0.1, 0.15) is 24.5 Å². The SMILES string of the molecule is CN(C)C/C=C/C(=O)N(CC(O)c1ccccc1)C1CC1. The van der Waals surface area contributed by atoms with E-state index in [0.29, 0.717) is 12.6 Å². The van der Waals surface area contributed by atoms with Crippen LogP contribution in [-0.4, -0.2) is 54.0 Å². The largest absolute Gasteiger partial charge is 0.387 e. The van der Waals surface area contributed by atoms with Crippen molar-refractivity contribution in [2.45, 2.75) is 25.0 Å². The Balaban J connectivity index is 1.96. The summed E-state index contributed by atoms with van der Waals surface area (Å²) in [5, 5.41) is 10.3. The van der Waals surface area contributed by atoms with Gasteiger partial charge < -0.3 is 14.9 Å². The molecule has 1 aromatic carbocycles. The van der Waals surface area contributed by atoms with E-state index in [1.54, 1.807) is 11.0 Å². The van der Waals surface area contributed by atoms with E-state index in [1.807, 2.05) is 55.4 Å². The summed E-state index contributed by atoms with van der Waals surface area (Å²) >= 11 is 0. The van der Waals surface area contributed by atoms with E-state index in [4.69, 9.17) is 0 Å². The van der Waals surface area contributed by atoms with Crippen molar-refractivity contribution in [1.82, 2.24) is 9.80 Å². The van der Waals surface area contributed by atoms with Gasteiger partial charge in [0.15, 0.2) is 0 Å². The lowest BCUT2D eigenvalue weighted by Crippen LogP contribution is -2.35. The zero-order chi connectivity index (χ0) is 15.2. The molecule has 4 nitrogen and oxygen atoms in total. The molecule has 1 saturated carbocycles. The first-order chi connectivity index (χ1) is 10.1. The zero-order valence-electron chi connectivity index (χ0n) is 12.8. The third-order valence-corrected chi connectivity index (χ3v) is 3.56. The van der Waals surface area contributed by atoms with Gasteiger partial charge in [-0.05, 0) is 32.5 Å². The molecule has 1 atom stereocenters. The first kappa shape index (κ1) is 15.7. The number of carbonyl (C=O) groups excluding carboxylic acids is 1. The van der Waals surface area contributed by atoms with Crippen molar-refractivity contribution in [3.05, 3.63) is 48.0 Å². The highest BCUT2D eigenvalue weighted by Gasteiger charge is 2.32. The molecule has 1 N–H and O–H groups in total. The number of amides is 1. The molecule has 0 heterocycles. The topological polar surface area (TPSA) is 43.8 Å². The molecule has 0 aliphatic heterocycles. The fourth-order valence-electron chi connectivity index (χ4n) is 2.23. The molecule has 0 radical (unpaired) electrons. The number of hydrogen-bond acceptors (Lipinski definition) is 3. The number of carbonyl (C=O) groups is 1. The Bertz CT molecular complexity index is 481. The van der Waals surface area contributed by atoms with Gasteiger partial charge in [-0.2, -0.15) is 0 Å². The average molecular weight is 288 g/mol. The molecule has 4 heteroatoms. The molecule has 0 saturated heterocycles. The summed E-state index contributed by atoms with van der Waals surface area (Å²) in [4.78, 5) is 16.1. The van der Waals surface area contributed by atoms with Gasteiger partial charge in [0.2, 0.25) is 5.91 Å². The van der Waals surface area contributed by atoms with Crippen LogP contribution >= 0.6 is 0 Å². The molecule has 0 bridgehead atoms. The second-order valence-electron chi connectivity index (χ2n) is 5.81. The summed E-state index contributed by atoms with van der Waals surface area (Å²) in [7, 11) is 3.93. The number of aliphatic hydroxyl groups is 1. The lowest BCUT2D eigenvalue weighted by molar-refractivity contribution is -0.128. The van der Waals surface area contributed by atoms with Gasteiger partial charge in [0.25, 0.3) is 0 Å². The Kier molecular flexibility index (Phi) is 5.53. The van der Waals surface area contributed by atoms with Crippen LogP contribution in [0.25, 0.3) is 0 Å². The van der Waals surface area contributed by atoms with Crippen molar-refractivity contribution in [1.29, 1.82) is 0 Å². The zero-order valence-corrected chi connectivity index (χ0v) is 12.8. The molecule has 0 aromatic heterocycles. The Morgan fingerprint density at radius 3 is 2.57 bits per heavy atom. The maximum Gasteiger partial charge on any atom is 0.246 e. The fourth-order valence-corrected chi connectivity index (χ4v) is 2.23. The second-order valence-corrected chi connectivity index (χ2v) is 5.81. The summed E-state index contributed by atoms with van der Waals surface area (Å²) in [5.41, 5.74) is 0.855. The minimum atomic E-state index is -0.627. The number of nitrogens with zero attached hydrogens (tertiary/aromatic N) is 2. The fraction of sp³-hybridized carbons (Fsp3) is 0.471. The normalized spacial score (nSPS) is 16.4. The molecule has 0 spiro atoms. The van der Waals surface area contributed by atoms with Crippen LogP contribution in [0.15, 0.2) is 42.5 Å². The molecule has 1 aromatic rings. The monoisotopic (exact) mass is 288 g/mol. The maximum atomic E-state index is 12.3. The van der Waals surface area contributed by atoms with E-state index in [2.05, 4.69) is 0 Å². The van der Waals surface area contributed by atoms with Gasteiger partial charge >= 0.3 is 0 Å². The van der Waals surface area contributed by atoms with Crippen molar-refractivity contribution in [3.8, 4) is 0 Å². The highest BCUT2D eigenvalue weighted by molar-refractivity contribution is 5.88. The van der Waals surface area contributed by atoms with Crippen LogP contribution in [0.5, 0.6) is 0 Å². The van der Waals surface area contributed by atoms with Crippen LogP contribution in [0, 0.1) is 0 Å². The van der Waals surface area contributed by atoms with Crippen molar-refractivity contribution in [3.63, 3.8) is 0 Å². The van der Waals surface area contributed by atoms with E-state index < -0.39 is 6.10 Å². The Morgan fingerprint density at radius 1 is 1.33 bits per heavy atom. The van der Waals surface area contributed by atoms with Gasteiger partial charge in [-0.15, -0.1) is 0 Å². The van der Waals surface area contributed by atoms with Crippen LogP contribution < -0.4 is 0 Å². The molecule has 1 amide bonds. The van der Waals surface area contributed by atoms with E-state index in [0.717, 1.165) is 24.9 Å². The second kappa shape index (κ2) is 7.38. The van der Waals surface area contributed by atoms with Crippen LogP contribution in [0.3, 0.4) is 0 Å². The summed E-state index contributed by atoms with van der Waals surface area (Å²) in [5.74, 6) is -0.00525. The number of hydrogen-bond donors (Lipinski definition) is 1. The maximum absolute atomic E-state index is 12.3. The first-order valence-electron chi connectivity index (χ1n) is 7.43. The molecular weight excluding hydrogens is 264 g/mol. The van der Waals surface area contributed by atoms with E-state index in [-0.39, 0.29) is 5.91 Å². The Hall–Kier alpha value is -1.65. The molecule has 1 fully saturated rings. The molecular formula is C17H24N2O2. The van der Waals surface area contributed by atoms with Crippen molar-refractivity contribution in [2.75, 3.05) is 27.2 Å². The van der Waals surface area contributed by atoms with Crippen molar-refractivity contribution < 1.29 is 9.90 Å². The number of benzene rings is 1. The highest BCUT2D eigenvalue weighted by Crippen LogP contribution is 2.29. The lowest BCUT2D eigenvalue weighted by atomic mass is 10.1. The standard InChI is InChI=1S/C17H24N2O2/c1-18(2)12-6-9-17(21)19(15-10-11-15)13-16(20)14-7-4-3-5-8-14/h3-9,15-16,20H,10-13H2,1-2H3/b9-6+. The number of rotatable bonds is 7. The molecule has 114 valence electrons. The Morgan fingerprint density at radius 2 is 2.00 bits per heavy atom. The summed E-state index contributed by atoms with van der Waals surface area (Å²) < 4.78 is 0. The first-order valence-corrected chi connectivity index (χ1v) is 7.43. The predicted octanol–water partition coefficient (Wildman–Crippen LogP) is 1.83.